The van der Waals surface area contributed by atoms with Crippen molar-refractivity contribution in [3.63, 3.8) is 0 Å². The maximum atomic E-state index is 14.1. The van der Waals surface area contributed by atoms with Crippen molar-refractivity contribution in [2.24, 2.45) is 16.6 Å². The lowest BCUT2D eigenvalue weighted by Gasteiger charge is -2.39. The van der Waals surface area contributed by atoms with Crippen molar-refractivity contribution in [3.05, 3.63) is 29.3 Å². The van der Waals surface area contributed by atoms with E-state index in [1.165, 1.54) is 17.8 Å². The molecule has 104 valence electrons. The molecule has 2 rings (SSSR count). The summed E-state index contributed by atoms with van der Waals surface area (Å²) < 4.78 is 27.6. The second kappa shape index (κ2) is 4.67. The maximum absolute atomic E-state index is 14.1. The van der Waals surface area contributed by atoms with Crippen LogP contribution in [-0.4, -0.2) is 10.4 Å². The first kappa shape index (κ1) is 14.1. The first-order valence-electron chi connectivity index (χ1n) is 6.02. The Hall–Kier alpha value is -1.30. The molecular formula is C13H17F2N3S. The van der Waals surface area contributed by atoms with E-state index in [4.69, 9.17) is 11.5 Å². The summed E-state index contributed by atoms with van der Waals surface area (Å²) in [6.45, 7) is 5.71. The van der Waals surface area contributed by atoms with E-state index in [1.54, 1.807) is 6.92 Å². The second-order valence-electron chi connectivity index (χ2n) is 5.07. The SMILES string of the molecule is CC1SC(N)=N[C@](C)(c2cc(N)cc(F)c2F)[C@@H]1C. The molecule has 0 radical (unpaired) electrons. The van der Waals surface area contributed by atoms with Gasteiger partial charge in [-0.1, -0.05) is 25.6 Å². The molecule has 1 unspecified atom stereocenters. The van der Waals surface area contributed by atoms with Gasteiger partial charge in [0, 0.05) is 16.5 Å². The zero-order chi connectivity index (χ0) is 14.4. The molecule has 0 saturated carbocycles. The summed E-state index contributed by atoms with van der Waals surface area (Å²) >= 11 is 1.44. The van der Waals surface area contributed by atoms with Crippen LogP contribution in [-0.2, 0) is 5.54 Å². The Morgan fingerprint density at radius 3 is 2.53 bits per heavy atom. The zero-order valence-corrected chi connectivity index (χ0v) is 11.9. The lowest BCUT2D eigenvalue weighted by atomic mass is 9.78. The van der Waals surface area contributed by atoms with E-state index in [1.807, 2.05) is 13.8 Å². The van der Waals surface area contributed by atoms with Crippen molar-refractivity contribution >= 4 is 22.6 Å². The number of nitrogens with two attached hydrogens (primary N) is 2. The molecule has 1 aliphatic rings. The van der Waals surface area contributed by atoms with Gasteiger partial charge < -0.3 is 11.5 Å². The van der Waals surface area contributed by atoms with Gasteiger partial charge in [0.2, 0.25) is 0 Å². The summed E-state index contributed by atoms with van der Waals surface area (Å²) in [5, 5.41) is 0.543. The zero-order valence-electron chi connectivity index (χ0n) is 11.1. The molecular weight excluding hydrogens is 268 g/mol. The molecule has 0 saturated heterocycles. The average molecular weight is 285 g/mol. The predicted octanol–water partition coefficient (Wildman–Crippen LogP) is 2.85. The Labute approximate surface area is 115 Å². The van der Waals surface area contributed by atoms with Crippen LogP contribution in [0.15, 0.2) is 17.1 Å². The molecule has 1 aromatic rings. The Morgan fingerprint density at radius 2 is 1.89 bits per heavy atom. The van der Waals surface area contributed by atoms with E-state index in [2.05, 4.69) is 4.99 Å². The van der Waals surface area contributed by atoms with Gasteiger partial charge in [0.05, 0.1) is 5.54 Å². The van der Waals surface area contributed by atoms with E-state index < -0.39 is 17.2 Å². The highest BCUT2D eigenvalue weighted by Crippen LogP contribution is 2.44. The van der Waals surface area contributed by atoms with Crippen LogP contribution in [0, 0.1) is 17.6 Å². The molecule has 0 aliphatic carbocycles. The second-order valence-corrected chi connectivity index (χ2v) is 6.47. The monoisotopic (exact) mass is 285 g/mol. The third-order valence-corrected chi connectivity index (χ3v) is 4.95. The van der Waals surface area contributed by atoms with Crippen molar-refractivity contribution < 1.29 is 8.78 Å². The number of halogens is 2. The molecule has 3 atom stereocenters. The van der Waals surface area contributed by atoms with Crippen LogP contribution in [0.5, 0.6) is 0 Å². The Balaban J connectivity index is 2.65. The van der Waals surface area contributed by atoms with E-state index in [-0.39, 0.29) is 22.4 Å². The molecule has 1 aliphatic heterocycles. The Kier molecular flexibility index (Phi) is 3.47. The molecule has 6 heteroatoms. The molecule has 0 fully saturated rings. The molecule has 0 aromatic heterocycles. The fourth-order valence-electron chi connectivity index (χ4n) is 2.39. The summed E-state index contributed by atoms with van der Waals surface area (Å²) in [6, 6.07) is 2.41. The van der Waals surface area contributed by atoms with E-state index in [0.29, 0.717) is 5.17 Å². The molecule has 0 spiro atoms. The van der Waals surface area contributed by atoms with Gasteiger partial charge in [-0.05, 0) is 25.0 Å². The summed E-state index contributed by atoms with van der Waals surface area (Å²) in [5.41, 5.74) is 10.8. The summed E-state index contributed by atoms with van der Waals surface area (Å²) in [4.78, 5) is 4.35. The molecule has 0 bridgehead atoms. The number of nitrogen functional groups attached to an aromatic ring is 1. The minimum absolute atomic E-state index is 0.000463. The van der Waals surface area contributed by atoms with Crippen LogP contribution < -0.4 is 11.5 Å². The Morgan fingerprint density at radius 1 is 1.26 bits per heavy atom. The van der Waals surface area contributed by atoms with Crippen LogP contribution in [0.4, 0.5) is 14.5 Å². The van der Waals surface area contributed by atoms with Gasteiger partial charge in [0.25, 0.3) is 0 Å². The molecule has 4 N–H and O–H groups in total. The topological polar surface area (TPSA) is 64.4 Å². The number of amidine groups is 1. The van der Waals surface area contributed by atoms with Gasteiger partial charge >= 0.3 is 0 Å². The lowest BCUT2D eigenvalue weighted by molar-refractivity contribution is 0.308. The fraction of sp³-hybridized carbons (Fsp3) is 0.462. The van der Waals surface area contributed by atoms with Crippen LogP contribution in [0.2, 0.25) is 0 Å². The first-order chi connectivity index (χ1) is 8.75. The Bertz CT molecular complexity index is 547. The molecule has 0 amide bonds. The van der Waals surface area contributed by atoms with Crippen molar-refractivity contribution in [1.82, 2.24) is 0 Å². The van der Waals surface area contributed by atoms with E-state index in [0.717, 1.165) is 6.07 Å². The molecule has 1 heterocycles. The molecule has 1 aromatic carbocycles. The van der Waals surface area contributed by atoms with E-state index >= 15 is 0 Å². The number of benzene rings is 1. The number of thioether (sulfide) groups is 1. The highest BCUT2D eigenvalue weighted by Gasteiger charge is 2.42. The van der Waals surface area contributed by atoms with Crippen molar-refractivity contribution in [3.8, 4) is 0 Å². The number of hydrogen-bond acceptors (Lipinski definition) is 4. The highest BCUT2D eigenvalue weighted by molar-refractivity contribution is 8.14. The van der Waals surface area contributed by atoms with E-state index in [9.17, 15) is 8.78 Å². The van der Waals surface area contributed by atoms with Gasteiger partial charge in [0.15, 0.2) is 16.8 Å². The molecule has 19 heavy (non-hydrogen) atoms. The lowest BCUT2D eigenvalue weighted by Crippen LogP contribution is -2.41. The van der Waals surface area contributed by atoms with Gasteiger partial charge in [-0.15, -0.1) is 0 Å². The van der Waals surface area contributed by atoms with Gasteiger partial charge in [-0.3, -0.25) is 4.99 Å². The first-order valence-corrected chi connectivity index (χ1v) is 6.90. The van der Waals surface area contributed by atoms with Gasteiger partial charge in [-0.2, -0.15) is 0 Å². The third kappa shape index (κ3) is 2.29. The van der Waals surface area contributed by atoms with Crippen LogP contribution in [0.1, 0.15) is 26.3 Å². The smallest absolute Gasteiger partial charge is 0.164 e. The van der Waals surface area contributed by atoms with Crippen LogP contribution in [0.3, 0.4) is 0 Å². The third-order valence-electron chi connectivity index (χ3n) is 3.84. The predicted molar refractivity (Wildman–Crippen MR) is 76.0 cm³/mol. The van der Waals surface area contributed by atoms with Gasteiger partial charge in [0.1, 0.15) is 0 Å². The normalized spacial score (nSPS) is 31.1. The van der Waals surface area contributed by atoms with Crippen molar-refractivity contribution in [2.75, 3.05) is 5.73 Å². The van der Waals surface area contributed by atoms with Crippen molar-refractivity contribution in [1.29, 1.82) is 0 Å². The largest absolute Gasteiger partial charge is 0.399 e. The van der Waals surface area contributed by atoms with Crippen LogP contribution in [0.25, 0.3) is 0 Å². The molecule has 3 nitrogen and oxygen atoms in total. The average Bonchev–Trinajstić information content (AvgIpc) is 2.30. The highest BCUT2D eigenvalue weighted by atomic mass is 32.2. The summed E-state index contributed by atoms with van der Waals surface area (Å²) in [7, 11) is 0. The number of anilines is 1. The number of aliphatic imine (C=N–C) groups is 1. The summed E-state index contributed by atoms with van der Waals surface area (Å²) in [5.74, 6) is -1.86. The van der Waals surface area contributed by atoms with Crippen molar-refractivity contribution in [2.45, 2.75) is 31.6 Å². The number of rotatable bonds is 1. The minimum atomic E-state index is -0.955. The standard InChI is InChI=1S/C13H17F2N3S/c1-6-7(2)19-12(17)18-13(6,3)9-4-8(16)5-10(14)11(9)15/h4-7H,16H2,1-3H3,(H2,17,18)/t6-,7?,13+/m1/s1. The fourth-order valence-corrected chi connectivity index (χ4v) is 3.48. The minimum Gasteiger partial charge on any atom is -0.399 e. The quantitative estimate of drug-likeness (QED) is 0.780. The maximum Gasteiger partial charge on any atom is 0.164 e. The van der Waals surface area contributed by atoms with Gasteiger partial charge in [-0.25, -0.2) is 8.78 Å². The van der Waals surface area contributed by atoms with Crippen LogP contribution >= 0.6 is 11.8 Å². The number of nitrogens with zero attached hydrogens (tertiary/aromatic N) is 1. The summed E-state index contributed by atoms with van der Waals surface area (Å²) in [6.07, 6.45) is 0. The number of hydrogen-bond donors (Lipinski definition) is 2.